The van der Waals surface area contributed by atoms with Crippen LogP contribution in [0.2, 0.25) is 0 Å². The second-order valence-electron chi connectivity index (χ2n) is 5.53. The third-order valence-electron chi connectivity index (χ3n) is 3.87. The maximum absolute atomic E-state index is 6.98. The standard InChI is InChI=1S/C16H9N9S/c1-17-14-3-2-9(5-18-14)12-6-19-15-16(21-12)25(24-23-15)8-10-4-11-13(26-10)7-20-22-11/h2-7H,8H2,(H,20,22). The Morgan fingerprint density at radius 2 is 2.15 bits per heavy atom. The van der Waals surface area contributed by atoms with Crippen LogP contribution in [0.1, 0.15) is 4.88 Å². The number of fused-ring (bicyclic) bond motifs is 2. The first-order valence-corrected chi connectivity index (χ1v) is 8.44. The smallest absolute Gasteiger partial charge is 0.269 e. The van der Waals surface area contributed by atoms with Crippen LogP contribution in [0.25, 0.3) is 37.6 Å². The van der Waals surface area contributed by atoms with Crippen LogP contribution in [0.3, 0.4) is 0 Å². The number of nitrogens with zero attached hydrogens (tertiary/aromatic N) is 8. The van der Waals surface area contributed by atoms with Crippen LogP contribution in [-0.4, -0.2) is 40.1 Å². The Bertz CT molecular complexity index is 1240. The second-order valence-corrected chi connectivity index (χ2v) is 6.70. The van der Waals surface area contributed by atoms with Gasteiger partial charge in [0.2, 0.25) is 5.65 Å². The highest BCUT2D eigenvalue weighted by molar-refractivity contribution is 7.19. The zero-order valence-corrected chi connectivity index (χ0v) is 14.0. The molecule has 0 bridgehead atoms. The van der Waals surface area contributed by atoms with Gasteiger partial charge in [0.1, 0.15) is 6.20 Å². The van der Waals surface area contributed by atoms with Crippen LogP contribution in [0.5, 0.6) is 0 Å². The van der Waals surface area contributed by atoms with Crippen molar-refractivity contribution in [3.05, 3.63) is 53.1 Å². The van der Waals surface area contributed by atoms with Crippen molar-refractivity contribution in [2.24, 2.45) is 0 Å². The second kappa shape index (κ2) is 5.68. The molecule has 0 aliphatic carbocycles. The lowest BCUT2D eigenvalue weighted by Crippen LogP contribution is -2.02. The van der Waals surface area contributed by atoms with Gasteiger partial charge in [-0.05, 0) is 12.1 Å². The van der Waals surface area contributed by atoms with E-state index < -0.39 is 0 Å². The van der Waals surface area contributed by atoms with E-state index in [0.717, 1.165) is 20.7 Å². The number of thiophene rings is 1. The third kappa shape index (κ3) is 2.38. The first-order chi connectivity index (χ1) is 12.8. The molecule has 0 aliphatic rings. The van der Waals surface area contributed by atoms with E-state index in [-0.39, 0.29) is 0 Å². The van der Waals surface area contributed by atoms with Crippen molar-refractivity contribution in [1.29, 1.82) is 0 Å². The molecule has 124 valence electrons. The number of rotatable bonds is 3. The molecule has 0 aromatic carbocycles. The summed E-state index contributed by atoms with van der Waals surface area (Å²) in [7, 11) is 0. The van der Waals surface area contributed by atoms with Crippen molar-refractivity contribution in [2.45, 2.75) is 6.54 Å². The summed E-state index contributed by atoms with van der Waals surface area (Å²) in [5.41, 5.74) is 3.55. The minimum Gasteiger partial charge on any atom is -0.361 e. The summed E-state index contributed by atoms with van der Waals surface area (Å²) < 4.78 is 2.83. The first kappa shape index (κ1) is 14.6. The monoisotopic (exact) mass is 359 g/mol. The maximum atomic E-state index is 6.98. The molecule has 5 rings (SSSR count). The molecule has 0 spiro atoms. The molecule has 5 aromatic rings. The number of aromatic amines is 1. The molecule has 0 atom stereocenters. The lowest BCUT2D eigenvalue weighted by Gasteiger charge is -2.01. The summed E-state index contributed by atoms with van der Waals surface area (Å²) >= 11 is 1.65. The van der Waals surface area contributed by atoms with Crippen LogP contribution in [-0.2, 0) is 6.54 Å². The van der Waals surface area contributed by atoms with Gasteiger partial charge in [0.15, 0.2) is 5.65 Å². The minimum atomic E-state index is 0.345. The average Bonchev–Trinajstić information content (AvgIpc) is 3.37. The zero-order valence-electron chi connectivity index (χ0n) is 13.2. The lowest BCUT2D eigenvalue weighted by molar-refractivity contribution is 0.671. The molecule has 0 unspecified atom stereocenters. The Balaban J connectivity index is 1.53. The Labute approximate surface area is 150 Å². The highest BCUT2D eigenvalue weighted by Gasteiger charge is 2.13. The van der Waals surface area contributed by atoms with Gasteiger partial charge in [-0.15, -0.1) is 21.4 Å². The van der Waals surface area contributed by atoms with Gasteiger partial charge in [0.25, 0.3) is 5.82 Å². The molecule has 5 heterocycles. The number of aromatic nitrogens is 8. The Morgan fingerprint density at radius 3 is 2.96 bits per heavy atom. The van der Waals surface area contributed by atoms with Gasteiger partial charge in [-0.3, -0.25) is 5.10 Å². The van der Waals surface area contributed by atoms with E-state index in [1.54, 1.807) is 46.7 Å². The molecule has 1 N–H and O–H groups in total. The fourth-order valence-corrected chi connectivity index (χ4v) is 3.60. The van der Waals surface area contributed by atoms with Gasteiger partial charge in [-0.25, -0.2) is 14.6 Å². The zero-order chi connectivity index (χ0) is 17.5. The summed E-state index contributed by atoms with van der Waals surface area (Å²) in [6.07, 6.45) is 5.06. The molecule has 9 nitrogen and oxygen atoms in total. The quantitative estimate of drug-likeness (QED) is 0.497. The van der Waals surface area contributed by atoms with E-state index in [1.165, 1.54) is 0 Å². The summed E-state index contributed by atoms with van der Waals surface area (Å²) in [6, 6.07) is 5.51. The number of H-pyrrole nitrogens is 1. The van der Waals surface area contributed by atoms with Gasteiger partial charge >= 0.3 is 0 Å². The van der Waals surface area contributed by atoms with Gasteiger partial charge in [0.05, 0.1) is 34.8 Å². The lowest BCUT2D eigenvalue weighted by atomic mass is 10.2. The summed E-state index contributed by atoms with van der Waals surface area (Å²) in [4.78, 5) is 17.5. The van der Waals surface area contributed by atoms with Crippen molar-refractivity contribution in [3.8, 4) is 11.3 Å². The first-order valence-electron chi connectivity index (χ1n) is 7.62. The van der Waals surface area contributed by atoms with Crippen molar-refractivity contribution in [3.63, 3.8) is 0 Å². The van der Waals surface area contributed by atoms with E-state index in [4.69, 9.17) is 6.57 Å². The Hall–Kier alpha value is -3.71. The third-order valence-corrected chi connectivity index (χ3v) is 4.92. The number of nitrogens with one attached hydrogen (secondary N) is 1. The largest absolute Gasteiger partial charge is 0.361 e. The number of hydrogen-bond donors (Lipinski definition) is 1. The molecule has 5 aromatic heterocycles. The SMILES string of the molecule is [C-]#[N+]c1ccc(-c2cnc3nnn(Cc4cc5[nH]ncc5s4)c3n2)cn1. The fraction of sp³-hybridized carbons (Fsp3) is 0.0625. The Morgan fingerprint density at radius 1 is 1.19 bits per heavy atom. The van der Waals surface area contributed by atoms with Crippen LogP contribution >= 0.6 is 11.3 Å². The molecular formula is C16H9N9S. The van der Waals surface area contributed by atoms with E-state index in [9.17, 15) is 0 Å². The highest BCUT2D eigenvalue weighted by Crippen LogP contribution is 2.25. The molecule has 0 aliphatic heterocycles. The van der Waals surface area contributed by atoms with Crippen LogP contribution in [0.4, 0.5) is 5.82 Å². The molecule has 0 saturated carbocycles. The minimum absolute atomic E-state index is 0.345. The van der Waals surface area contributed by atoms with Crippen molar-refractivity contribution < 1.29 is 0 Å². The molecular weight excluding hydrogens is 350 g/mol. The van der Waals surface area contributed by atoms with E-state index in [2.05, 4.69) is 40.3 Å². The topological polar surface area (TPSA) is 102 Å². The van der Waals surface area contributed by atoms with Gasteiger partial charge in [-0.2, -0.15) is 5.10 Å². The van der Waals surface area contributed by atoms with Crippen molar-refractivity contribution in [1.82, 2.24) is 40.1 Å². The molecule has 0 saturated heterocycles. The predicted molar refractivity (Wildman–Crippen MR) is 95.7 cm³/mol. The highest BCUT2D eigenvalue weighted by atomic mass is 32.1. The summed E-state index contributed by atoms with van der Waals surface area (Å²) in [5, 5.41) is 15.2. The van der Waals surface area contributed by atoms with E-state index >= 15 is 0 Å². The molecule has 0 radical (unpaired) electrons. The number of hydrogen-bond acceptors (Lipinski definition) is 7. The summed E-state index contributed by atoms with van der Waals surface area (Å²) in [5.74, 6) is 0.345. The molecule has 0 fully saturated rings. The van der Waals surface area contributed by atoms with Crippen molar-refractivity contribution >= 4 is 38.7 Å². The molecule has 10 heteroatoms. The van der Waals surface area contributed by atoms with E-state index in [0.29, 0.717) is 29.4 Å². The van der Waals surface area contributed by atoms with Gasteiger partial charge < -0.3 is 4.85 Å². The average molecular weight is 359 g/mol. The number of pyridine rings is 1. The van der Waals surface area contributed by atoms with Gasteiger partial charge in [0, 0.05) is 10.4 Å². The maximum Gasteiger partial charge on any atom is 0.269 e. The van der Waals surface area contributed by atoms with Crippen LogP contribution < -0.4 is 0 Å². The molecule has 26 heavy (non-hydrogen) atoms. The normalized spacial score (nSPS) is 11.2. The van der Waals surface area contributed by atoms with Crippen LogP contribution in [0, 0.1) is 6.57 Å². The fourth-order valence-electron chi connectivity index (χ4n) is 2.63. The molecule has 0 amide bonds. The summed E-state index contributed by atoms with van der Waals surface area (Å²) in [6.45, 7) is 7.53. The predicted octanol–water partition coefficient (Wildman–Crippen LogP) is 2.82. The van der Waals surface area contributed by atoms with Gasteiger partial charge in [-0.1, -0.05) is 17.9 Å². The Kier molecular flexibility index (Phi) is 3.19. The van der Waals surface area contributed by atoms with Crippen molar-refractivity contribution in [2.75, 3.05) is 0 Å². The van der Waals surface area contributed by atoms with Crippen LogP contribution in [0.15, 0.2) is 36.8 Å². The van der Waals surface area contributed by atoms with E-state index in [1.807, 2.05) is 6.07 Å².